The van der Waals surface area contributed by atoms with E-state index in [2.05, 4.69) is 30.9 Å². The summed E-state index contributed by atoms with van der Waals surface area (Å²) in [7, 11) is 0. The summed E-state index contributed by atoms with van der Waals surface area (Å²) in [6.07, 6.45) is 1.32. The van der Waals surface area contributed by atoms with Crippen LogP contribution in [0.4, 0.5) is 0 Å². The van der Waals surface area contributed by atoms with Crippen LogP contribution in [0.2, 0.25) is 0 Å². The first-order valence-electron chi connectivity index (χ1n) is 6.13. The Hall–Kier alpha value is -0.860. The van der Waals surface area contributed by atoms with Crippen molar-refractivity contribution in [2.75, 3.05) is 6.54 Å². The lowest BCUT2D eigenvalue weighted by Gasteiger charge is -2.23. The molecule has 1 aromatic rings. The molecule has 0 bridgehead atoms. The van der Waals surface area contributed by atoms with Crippen molar-refractivity contribution < 1.29 is 5.11 Å². The van der Waals surface area contributed by atoms with E-state index in [1.165, 1.54) is 18.5 Å². The molecule has 1 heterocycles. The zero-order valence-corrected chi connectivity index (χ0v) is 10.2. The highest BCUT2D eigenvalue weighted by Crippen LogP contribution is 2.25. The second-order valence-electron chi connectivity index (χ2n) is 4.95. The summed E-state index contributed by atoms with van der Waals surface area (Å²) >= 11 is 0. The Morgan fingerprint density at radius 1 is 1.19 bits per heavy atom. The number of nitrogens with zero attached hydrogens (tertiary/aromatic N) is 1. The third kappa shape index (κ3) is 2.45. The summed E-state index contributed by atoms with van der Waals surface area (Å²) in [5.41, 5.74) is 2.34. The van der Waals surface area contributed by atoms with Gasteiger partial charge in [0.05, 0.1) is 6.61 Å². The van der Waals surface area contributed by atoms with Crippen molar-refractivity contribution >= 4 is 0 Å². The van der Waals surface area contributed by atoms with Crippen LogP contribution in [-0.2, 0) is 13.2 Å². The standard InChI is InChI=1S/C14H21NO/c1-11-7-8-15(12(11)2)9-13-3-5-14(10-16)6-4-13/h3-6,11-12,16H,7-10H2,1-2H3. The minimum Gasteiger partial charge on any atom is -0.392 e. The predicted molar refractivity (Wildman–Crippen MR) is 66.0 cm³/mol. The first-order chi connectivity index (χ1) is 7.70. The van der Waals surface area contributed by atoms with Crippen LogP contribution in [0.15, 0.2) is 24.3 Å². The minimum absolute atomic E-state index is 0.136. The third-order valence-electron chi connectivity index (χ3n) is 3.86. The Balaban J connectivity index is 1.98. The molecule has 0 spiro atoms. The highest BCUT2D eigenvalue weighted by atomic mass is 16.3. The van der Waals surface area contributed by atoms with Gasteiger partial charge in [0, 0.05) is 12.6 Å². The van der Waals surface area contributed by atoms with Crippen LogP contribution < -0.4 is 0 Å². The fourth-order valence-electron chi connectivity index (χ4n) is 2.38. The normalized spacial score (nSPS) is 26.2. The molecule has 2 atom stereocenters. The Bertz CT molecular complexity index is 333. The van der Waals surface area contributed by atoms with Crippen molar-refractivity contribution in [3.8, 4) is 0 Å². The predicted octanol–water partition coefficient (Wildman–Crippen LogP) is 2.41. The number of hydrogen-bond donors (Lipinski definition) is 1. The van der Waals surface area contributed by atoms with Crippen molar-refractivity contribution in [2.24, 2.45) is 5.92 Å². The maximum atomic E-state index is 8.98. The fraction of sp³-hybridized carbons (Fsp3) is 0.571. The quantitative estimate of drug-likeness (QED) is 0.844. The molecule has 2 unspecified atom stereocenters. The van der Waals surface area contributed by atoms with Crippen LogP contribution >= 0.6 is 0 Å². The van der Waals surface area contributed by atoms with Crippen LogP contribution in [-0.4, -0.2) is 22.6 Å². The topological polar surface area (TPSA) is 23.5 Å². The van der Waals surface area contributed by atoms with Crippen LogP contribution in [0.1, 0.15) is 31.4 Å². The third-order valence-corrected chi connectivity index (χ3v) is 3.86. The van der Waals surface area contributed by atoms with Crippen molar-refractivity contribution in [3.05, 3.63) is 35.4 Å². The van der Waals surface area contributed by atoms with Gasteiger partial charge in [-0.25, -0.2) is 0 Å². The molecule has 2 heteroatoms. The van der Waals surface area contributed by atoms with Gasteiger partial charge in [-0.1, -0.05) is 31.2 Å². The summed E-state index contributed by atoms with van der Waals surface area (Å²) in [5.74, 6) is 0.816. The fourth-order valence-corrected chi connectivity index (χ4v) is 2.38. The number of aliphatic hydroxyl groups excluding tert-OH is 1. The number of hydrogen-bond acceptors (Lipinski definition) is 2. The van der Waals surface area contributed by atoms with E-state index in [4.69, 9.17) is 5.11 Å². The molecular formula is C14H21NO. The van der Waals surface area contributed by atoms with Gasteiger partial charge in [0.15, 0.2) is 0 Å². The van der Waals surface area contributed by atoms with Gasteiger partial charge in [-0.3, -0.25) is 4.90 Å². The molecule has 2 rings (SSSR count). The van der Waals surface area contributed by atoms with Gasteiger partial charge in [-0.05, 0) is 36.9 Å². The highest BCUT2D eigenvalue weighted by molar-refractivity contribution is 5.22. The molecule has 0 aromatic heterocycles. The van der Waals surface area contributed by atoms with E-state index in [-0.39, 0.29) is 6.61 Å². The van der Waals surface area contributed by atoms with E-state index in [1.807, 2.05) is 12.1 Å². The minimum atomic E-state index is 0.136. The summed E-state index contributed by atoms with van der Waals surface area (Å²) < 4.78 is 0. The lowest BCUT2D eigenvalue weighted by Crippen LogP contribution is -2.28. The van der Waals surface area contributed by atoms with Crippen molar-refractivity contribution in [1.82, 2.24) is 4.90 Å². The Morgan fingerprint density at radius 2 is 1.81 bits per heavy atom. The molecule has 16 heavy (non-hydrogen) atoms. The maximum absolute atomic E-state index is 8.98. The Morgan fingerprint density at radius 3 is 2.31 bits per heavy atom. The summed E-state index contributed by atoms with van der Waals surface area (Å²) in [6.45, 7) is 7.04. The average Bonchev–Trinajstić information content (AvgIpc) is 2.62. The molecule has 0 saturated carbocycles. The molecule has 2 nitrogen and oxygen atoms in total. The van der Waals surface area contributed by atoms with Crippen LogP contribution in [0.5, 0.6) is 0 Å². The Labute approximate surface area is 97.9 Å². The van der Waals surface area contributed by atoms with Gasteiger partial charge in [0.1, 0.15) is 0 Å². The van der Waals surface area contributed by atoms with E-state index in [0.29, 0.717) is 6.04 Å². The van der Waals surface area contributed by atoms with E-state index < -0.39 is 0 Å². The molecule has 1 aliphatic rings. The van der Waals surface area contributed by atoms with Gasteiger partial charge in [-0.15, -0.1) is 0 Å². The van der Waals surface area contributed by atoms with Gasteiger partial charge < -0.3 is 5.11 Å². The molecule has 1 aliphatic heterocycles. The molecule has 1 aromatic carbocycles. The first-order valence-corrected chi connectivity index (χ1v) is 6.13. The summed E-state index contributed by atoms with van der Waals surface area (Å²) in [5, 5.41) is 8.98. The molecule has 1 N–H and O–H groups in total. The van der Waals surface area contributed by atoms with Gasteiger partial charge >= 0.3 is 0 Å². The monoisotopic (exact) mass is 219 g/mol. The number of rotatable bonds is 3. The lowest BCUT2D eigenvalue weighted by atomic mass is 10.0. The van der Waals surface area contributed by atoms with Crippen LogP contribution in [0.25, 0.3) is 0 Å². The zero-order valence-electron chi connectivity index (χ0n) is 10.2. The molecule has 88 valence electrons. The molecule has 0 radical (unpaired) electrons. The van der Waals surface area contributed by atoms with Gasteiger partial charge in [-0.2, -0.15) is 0 Å². The molecule has 0 amide bonds. The maximum Gasteiger partial charge on any atom is 0.0681 e. The SMILES string of the molecule is CC1CCN(Cc2ccc(CO)cc2)C1C. The molecule has 1 fully saturated rings. The van der Waals surface area contributed by atoms with E-state index in [0.717, 1.165) is 18.0 Å². The van der Waals surface area contributed by atoms with Gasteiger partial charge in [0.2, 0.25) is 0 Å². The smallest absolute Gasteiger partial charge is 0.0681 e. The summed E-state index contributed by atoms with van der Waals surface area (Å²) in [6, 6.07) is 8.97. The average molecular weight is 219 g/mol. The van der Waals surface area contributed by atoms with E-state index >= 15 is 0 Å². The first kappa shape index (κ1) is 11.6. The van der Waals surface area contributed by atoms with E-state index in [9.17, 15) is 0 Å². The molecular weight excluding hydrogens is 198 g/mol. The highest BCUT2D eigenvalue weighted by Gasteiger charge is 2.26. The second-order valence-corrected chi connectivity index (χ2v) is 4.95. The van der Waals surface area contributed by atoms with Gasteiger partial charge in [0.25, 0.3) is 0 Å². The second kappa shape index (κ2) is 4.98. The molecule has 0 aliphatic carbocycles. The zero-order chi connectivity index (χ0) is 11.5. The number of likely N-dealkylation sites (tertiary alicyclic amines) is 1. The number of benzene rings is 1. The Kier molecular flexibility index (Phi) is 3.62. The largest absolute Gasteiger partial charge is 0.392 e. The number of aliphatic hydroxyl groups is 1. The van der Waals surface area contributed by atoms with Crippen molar-refractivity contribution in [3.63, 3.8) is 0 Å². The van der Waals surface area contributed by atoms with Crippen molar-refractivity contribution in [2.45, 2.75) is 39.5 Å². The summed E-state index contributed by atoms with van der Waals surface area (Å²) in [4.78, 5) is 2.54. The molecule has 1 saturated heterocycles. The lowest BCUT2D eigenvalue weighted by molar-refractivity contribution is 0.239. The van der Waals surface area contributed by atoms with Crippen LogP contribution in [0, 0.1) is 5.92 Å². The van der Waals surface area contributed by atoms with Crippen LogP contribution in [0.3, 0.4) is 0 Å². The van der Waals surface area contributed by atoms with E-state index in [1.54, 1.807) is 0 Å². The van der Waals surface area contributed by atoms with Crippen molar-refractivity contribution in [1.29, 1.82) is 0 Å².